The van der Waals surface area contributed by atoms with Crippen molar-refractivity contribution in [3.05, 3.63) is 58.6 Å². The first kappa shape index (κ1) is 13.1. The van der Waals surface area contributed by atoms with Crippen LogP contribution in [0.5, 0.6) is 0 Å². The predicted molar refractivity (Wildman–Crippen MR) is 82.5 cm³/mol. The van der Waals surface area contributed by atoms with Gasteiger partial charge < -0.3 is 4.98 Å². The Labute approximate surface area is 121 Å². The van der Waals surface area contributed by atoms with Crippen molar-refractivity contribution in [3.63, 3.8) is 0 Å². The van der Waals surface area contributed by atoms with Crippen LogP contribution in [-0.4, -0.2) is 9.55 Å². The van der Waals surface area contributed by atoms with E-state index in [1.54, 1.807) is 6.07 Å². The highest BCUT2D eigenvalue weighted by Gasteiger charge is 2.12. The summed E-state index contributed by atoms with van der Waals surface area (Å²) in [4.78, 5) is 3.07. The van der Waals surface area contributed by atoms with Gasteiger partial charge in [-0.2, -0.15) is 0 Å². The maximum Gasteiger partial charge on any atom is 0.182 e. The summed E-state index contributed by atoms with van der Waals surface area (Å²) in [5.41, 5.74) is 3.87. The standard InChI is InChI=1S/C16H15FN2S/c1-10(2)12-5-3-4-6-14(12)19-15-8-7-11(17)9-13(15)18-16(19)20/h3-10H,1-2H3,(H,18,20). The van der Waals surface area contributed by atoms with Gasteiger partial charge in [0.15, 0.2) is 4.77 Å². The van der Waals surface area contributed by atoms with E-state index in [4.69, 9.17) is 12.2 Å². The Hall–Kier alpha value is -1.94. The molecule has 2 aromatic carbocycles. The number of hydrogen-bond donors (Lipinski definition) is 1. The maximum atomic E-state index is 13.3. The zero-order valence-electron chi connectivity index (χ0n) is 11.4. The fourth-order valence-corrected chi connectivity index (χ4v) is 2.81. The van der Waals surface area contributed by atoms with Crippen LogP contribution in [0.1, 0.15) is 25.3 Å². The van der Waals surface area contributed by atoms with Gasteiger partial charge in [0.2, 0.25) is 0 Å². The fourth-order valence-electron chi connectivity index (χ4n) is 2.50. The van der Waals surface area contributed by atoms with Crippen molar-refractivity contribution < 1.29 is 4.39 Å². The second-order valence-corrected chi connectivity index (χ2v) is 5.53. The highest BCUT2D eigenvalue weighted by Crippen LogP contribution is 2.27. The van der Waals surface area contributed by atoms with Crippen LogP contribution in [0.4, 0.5) is 4.39 Å². The highest BCUT2D eigenvalue weighted by molar-refractivity contribution is 7.71. The largest absolute Gasteiger partial charge is 0.330 e. The van der Waals surface area contributed by atoms with E-state index in [2.05, 4.69) is 24.9 Å². The molecule has 0 bridgehead atoms. The summed E-state index contributed by atoms with van der Waals surface area (Å²) < 4.78 is 15.9. The molecule has 0 aliphatic rings. The molecule has 1 heterocycles. The first-order chi connectivity index (χ1) is 9.58. The molecule has 1 aromatic heterocycles. The second-order valence-electron chi connectivity index (χ2n) is 5.14. The van der Waals surface area contributed by atoms with E-state index in [0.29, 0.717) is 16.2 Å². The molecule has 2 nitrogen and oxygen atoms in total. The third kappa shape index (κ3) is 2.06. The van der Waals surface area contributed by atoms with Gasteiger partial charge in [-0.25, -0.2) is 4.39 Å². The van der Waals surface area contributed by atoms with E-state index in [1.165, 1.54) is 17.7 Å². The number of aromatic nitrogens is 2. The minimum Gasteiger partial charge on any atom is -0.330 e. The fraction of sp³-hybridized carbons (Fsp3) is 0.188. The van der Waals surface area contributed by atoms with Crippen molar-refractivity contribution in [2.24, 2.45) is 0 Å². The van der Waals surface area contributed by atoms with Gasteiger partial charge in [-0.3, -0.25) is 4.57 Å². The lowest BCUT2D eigenvalue weighted by Crippen LogP contribution is -2.01. The SMILES string of the molecule is CC(C)c1ccccc1-n1c(=S)[nH]c2cc(F)ccc21. The van der Waals surface area contributed by atoms with Crippen LogP contribution in [0.3, 0.4) is 0 Å². The molecule has 102 valence electrons. The van der Waals surface area contributed by atoms with E-state index in [-0.39, 0.29) is 5.82 Å². The second kappa shape index (κ2) is 4.87. The average molecular weight is 286 g/mol. The van der Waals surface area contributed by atoms with Crippen molar-refractivity contribution >= 4 is 23.3 Å². The maximum absolute atomic E-state index is 13.3. The molecule has 0 saturated heterocycles. The molecule has 0 saturated carbocycles. The molecule has 1 N–H and O–H groups in total. The van der Waals surface area contributed by atoms with Crippen LogP contribution >= 0.6 is 12.2 Å². The molecule has 0 radical (unpaired) electrons. The molecule has 0 fully saturated rings. The molecule has 0 aliphatic heterocycles. The molecule has 0 unspecified atom stereocenters. The van der Waals surface area contributed by atoms with E-state index >= 15 is 0 Å². The third-order valence-corrected chi connectivity index (χ3v) is 3.73. The molecule has 0 aliphatic carbocycles. The van der Waals surface area contributed by atoms with Crippen molar-refractivity contribution in [3.8, 4) is 5.69 Å². The number of imidazole rings is 1. The van der Waals surface area contributed by atoms with Gasteiger partial charge in [0, 0.05) is 0 Å². The summed E-state index contributed by atoms with van der Waals surface area (Å²) in [5, 5.41) is 0. The summed E-state index contributed by atoms with van der Waals surface area (Å²) in [6.45, 7) is 4.30. The molecule has 20 heavy (non-hydrogen) atoms. The van der Waals surface area contributed by atoms with Crippen LogP contribution in [0, 0.1) is 10.6 Å². The Morgan fingerprint density at radius 2 is 1.90 bits per heavy atom. The summed E-state index contributed by atoms with van der Waals surface area (Å²) in [7, 11) is 0. The van der Waals surface area contributed by atoms with Crippen LogP contribution in [0.2, 0.25) is 0 Å². The number of hydrogen-bond acceptors (Lipinski definition) is 1. The quantitative estimate of drug-likeness (QED) is 0.661. The summed E-state index contributed by atoms with van der Waals surface area (Å²) in [6.07, 6.45) is 0. The van der Waals surface area contributed by atoms with Crippen LogP contribution in [0.15, 0.2) is 42.5 Å². The number of fused-ring (bicyclic) bond motifs is 1. The third-order valence-electron chi connectivity index (χ3n) is 3.44. The number of aromatic amines is 1. The number of rotatable bonds is 2. The molecule has 4 heteroatoms. The Morgan fingerprint density at radius 1 is 1.15 bits per heavy atom. The Morgan fingerprint density at radius 3 is 2.65 bits per heavy atom. The topological polar surface area (TPSA) is 20.7 Å². The smallest absolute Gasteiger partial charge is 0.182 e. The number of benzene rings is 2. The predicted octanol–water partition coefficient (Wildman–Crippen LogP) is 4.95. The van der Waals surface area contributed by atoms with Crippen molar-refractivity contribution in [2.45, 2.75) is 19.8 Å². The van der Waals surface area contributed by atoms with Gasteiger partial charge >= 0.3 is 0 Å². The molecule has 0 spiro atoms. The Bertz CT molecular complexity index is 830. The Kier molecular flexibility index (Phi) is 3.18. The Balaban J connectivity index is 2.36. The monoisotopic (exact) mass is 286 g/mol. The van der Waals surface area contributed by atoms with E-state index < -0.39 is 0 Å². The van der Waals surface area contributed by atoms with Crippen LogP contribution < -0.4 is 0 Å². The van der Waals surface area contributed by atoms with E-state index in [1.807, 2.05) is 22.8 Å². The number of nitrogens with zero attached hydrogens (tertiary/aromatic N) is 1. The van der Waals surface area contributed by atoms with Gasteiger partial charge in [-0.1, -0.05) is 32.0 Å². The van der Waals surface area contributed by atoms with Gasteiger partial charge in [-0.15, -0.1) is 0 Å². The van der Waals surface area contributed by atoms with Gasteiger partial charge in [0.05, 0.1) is 16.7 Å². The lowest BCUT2D eigenvalue weighted by Gasteiger charge is -2.14. The zero-order chi connectivity index (χ0) is 14.3. The van der Waals surface area contributed by atoms with E-state index in [9.17, 15) is 4.39 Å². The molecule has 0 atom stereocenters. The summed E-state index contributed by atoms with van der Waals surface area (Å²) in [5.74, 6) is 0.122. The molecule has 3 aromatic rings. The zero-order valence-corrected chi connectivity index (χ0v) is 12.2. The highest BCUT2D eigenvalue weighted by atomic mass is 32.1. The molecular weight excluding hydrogens is 271 g/mol. The summed E-state index contributed by atoms with van der Waals surface area (Å²) in [6, 6.07) is 12.8. The van der Waals surface area contributed by atoms with Crippen molar-refractivity contribution in [1.29, 1.82) is 0 Å². The molecule has 3 rings (SSSR count). The van der Waals surface area contributed by atoms with Crippen molar-refractivity contribution in [1.82, 2.24) is 9.55 Å². The van der Waals surface area contributed by atoms with Gasteiger partial charge in [0.25, 0.3) is 0 Å². The number of H-pyrrole nitrogens is 1. The number of nitrogens with one attached hydrogen (secondary N) is 1. The lowest BCUT2D eigenvalue weighted by atomic mass is 10.0. The molecular formula is C16H15FN2S. The first-order valence-corrected chi connectivity index (χ1v) is 6.98. The van der Waals surface area contributed by atoms with Crippen LogP contribution in [0.25, 0.3) is 16.7 Å². The van der Waals surface area contributed by atoms with Crippen molar-refractivity contribution in [2.75, 3.05) is 0 Å². The number of para-hydroxylation sites is 1. The minimum absolute atomic E-state index is 0.266. The normalized spacial score (nSPS) is 11.4. The lowest BCUT2D eigenvalue weighted by molar-refractivity contribution is 0.629. The minimum atomic E-state index is -0.266. The van der Waals surface area contributed by atoms with E-state index in [0.717, 1.165) is 11.2 Å². The van der Waals surface area contributed by atoms with Crippen LogP contribution in [-0.2, 0) is 0 Å². The number of halogens is 1. The summed E-state index contributed by atoms with van der Waals surface area (Å²) >= 11 is 5.41. The van der Waals surface area contributed by atoms with Gasteiger partial charge in [-0.05, 0) is 48.0 Å². The van der Waals surface area contributed by atoms with Gasteiger partial charge in [0.1, 0.15) is 5.82 Å². The first-order valence-electron chi connectivity index (χ1n) is 6.57. The average Bonchev–Trinajstić information content (AvgIpc) is 2.73. The molecule has 0 amide bonds.